The first-order valence-corrected chi connectivity index (χ1v) is 9.24. The van der Waals surface area contributed by atoms with Crippen molar-refractivity contribution in [3.8, 4) is 0 Å². The molecule has 2 heterocycles. The van der Waals surface area contributed by atoms with Crippen LogP contribution in [-0.2, 0) is 9.53 Å². The molecule has 136 valence electrons. The first-order chi connectivity index (χ1) is 12.1. The number of fused-ring (bicyclic) bond motifs is 1. The van der Waals surface area contributed by atoms with Crippen LogP contribution in [-0.4, -0.2) is 61.0 Å². The molecule has 0 spiro atoms. The van der Waals surface area contributed by atoms with Crippen molar-refractivity contribution in [2.24, 2.45) is 5.92 Å². The molecule has 5 nitrogen and oxygen atoms in total. The lowest BCUT2D eigenvalue weighted by Gasteiger charge is -2.42. The average molecular weight is 344 g/mol. The van der Waals surface area contributed by atoms with Gasteiger partial charge in [0.05, 0.1) is 6.61 Å². The number of ether oxygens (including phenoxy) is 1. The topological polar surface area (TPSA) is 49.9 Å². The lowest BCUT2D eigenvalue weighted by Crippen LogP contribution is -2.53. The highest BCUT2D eigenvalue weighted by atomic mass is 16.5. The van der Waals surface area contributed by atoms with E-state index < -0.39 is 0 Å². The maximum atomic E-state index is 12.8. The maximum Gasteiger partial charge on any atom is 0.253 e. The highest BCUT2D eigenvalue weighted by Gasteiger charge is 2.38. The quantitative estimate of drug-likeness (QED) is 0.843. The molecule has 2 atom stereocenters. The number of methoxy groups -OCH3 is 1. The van der Waals surface area contributed by atoms with E-state index in [1.165, 1.54) is 0 Å². The molecule has 0 unspecified atom stereocenters. The van der Waals surface area contributed by atoms with Crippen LogP contribution in [0.5, 0.6) is 0 Å². The van der Waals surface area contributed by atoms with Crippen LogP contribution in [0, 0.1) is 12.8 Å². The number of carbonyl (C=O) groups is 2. The number of benzene rings is 1. The zero-order valence-corrected chi connectivity index (χ0v) is 15.2. The van der Waals surface area contributed by atoms with Crippen molar-refractivity contribution in [1.82, 2.24) is 9.80 Å². The van der Waals surface area contributed by atoms with Gasteiger partial charge in [-0.05, 0) is 44.2 Å². The summed E-state index contributed by atoms with van der Waals surface area (Å²) in [6.45, 7) is 4.71. The summed E-state index contributed by atoms with van der Waals surface area (Å²) in [7, 11) is 1.67. The second-order valence-electron chi connectivity index (χ2n) is 7.21. The van der Waals surface area contributed by atoms with E-state index in [0.29, 0.717) is 32.0 Å². The van der Waals surface area contributed by atoms with Crippen LogP contribution in [0.2, 0.25) is 0 Å². The number of carbonyl (C=O) groups excluding carboxylic acids is 2. The molecule has 0 saturated carbocycles. The van der Waals surface area contributed by atoms with Gasteiger partial charge in [0, 0.05) is 44.8 Å². The van der Waals surface area contributed by atoms with Crippen LogP contribution in [0.4, 0.5) is 0 Å². The smallest absolute Gasteiger partial charge is 0.253 e. The zero-order chi connectivity index (χ0) is 17.8. The Morgan fingerprint density at radius 1 is 1.24 bits per heavy atom. The third-order valence-corrected chi connectivity index (χ3v) is 5.50. The summed E-state index contributed by atoms with van der Waals surface area (Å²) in [5, 5.41) is 0. The van der Waals surface area contributed by atoms with Gasteiger partial charge < -0.3 is 14.5 Å². The summed E-state index contributed by atoms with van der Waals surface area (Å²) in [4.78, 5) is 29.2. The number of nitrogens with zero attached hydrogens (tertiary/aromatic N) is 2. The Bertz CT molecular complexity index is 614. The van der Waals surface area contributed by atoms with Crippen molar-refractivity contribution in [2.75, 3.05) is 33.4 Å². The number of amides is 2. The lowest BCUT2D eigenvalue weighted by atomic mass is 9.88. The Labute approximate surface area is 149 Å². The normalized spacial score (nSPS) is 24.0. The summed E-state index contributed by atoms with van der Waals surface area (Å²) in [5.41, 5.74) is 1.91. The van der Waals surface area contributed by atoms with Gasteiger partial charge in [0.15, 0.2) is 0 Å². The third-order valence-electron chi connectivity index (χ3n) is 5.50. The van der Waals surface area contributed by atoms with Crippen molar-refractivity contribution < 1.29 is 14.3 Å². The minimum atomic E-state index is 0.109. The Morgan fingerprint density at radius 3 is 2.72 bits per heavy atom. The molecule has 1 aromatic carbocycles. The van der Waals surface area contributed by atoms with Crippen LogP contribution >= 0.6 is 0 Å². The summed E-state index contributed by atoms with van der Waals surface area (Å²) >= 11 is 0. The standard InChI is InChI=1S/C20H28N2O3/c1-15-6-8-16(9-7-15)20(24)21-11-10-18-17(14-21)4-3-5-19(23)22(18)12-13-25-2/h6-9,17-18H,3-5,10-14H2,1-2H3/t17-,18+/m0/s1. The molecule has 0 N–H and O–H groups in total. The summed E-state index contributed by atoms with van der Waals surface area (Å²) in [6.07, 6.45) is 3.40. The van der Waals surface area contributed by atoms with Crippen molar-refractivity contribution in [3.63, 3.8) is 0 Å². The molecule has 5 heteroatoms. The third kappa shape index (κ3) is 4.03. The van der Waals surface area contributed by atoms with E-state index >= 15 is 0 Å². The SMILES string of the molecule is COCCN1C(=O)CCC[C@H]2CN(C(=O)c3ccc(C)cc3)CC[C@H]21. The van der Waals surface area contributed by atoms with Crippen LogP contribution in [0.1, 0.15) is 41.6 Å². The average Bonchev–Trinajstić information content (AvgIpc) is 2.77. The number of hydrogen-bond acceptors (Lipinski definition) is 3. The van der Waals surface area contributed by atoms with E-state index in [1.54, 1.807) is 7.11 Å². The minimum absolute atomic E-state index is 0.109. The molecule has 3 rings (SSSR count). The zero-order valence-electron chi connectivity index (χ0n) is 15.2. The number of hydrogen-bond donors (Lipinski definition) is 0. The maximum absolute atomic E-state index is 12.8. The number of aryl methyl sites for hydroxylation is 1. The van der Waals surface area contributed by atoms with E-state index in [-0.39, 0.29) is 17.9 Å². The van der Waals surface area contributed by atoms with Crippen molar-refractivity contribution in [3.05, 3.63) is 35.4 Å². The molecule has 25 heavy (non-hydrogen) atoms. The van der Waals surface area contributed by atoms with Gasteiger partial charge in [0.25, 0.3) is 5.91 Å². The molecule has 2 aliphatic rings. The first kappa shape index (κ1) is 17.9. The fourth-order valence-electron chi connectivity index (χ4n) is 4.10. The molecule has 0 aromatic heterocycles. The predicted molar refractivity (Wildman–Crippen MR) is 96.4 cm³/mol. The minimum Gasteiger partial charge on any atom is -0.383 e. The van der Waals surface area contributed by atoms with Crippen molar-refractivity contribution in [2.45, 2.75) is 38.6 Å². The van der Waals surface area contributed by atoms with Gasteiger partial charge in [0.2, 0.25) is 5.91 Å². The molecular weight excluding hydrogens is 316 g/mol. The van der Waals surface area contributed by atoms with Crippen LogP contribution in [0.3, 0.4) is 0 Å². The number of likely N-dealkylation sites (tertiary alicyclic amines) is 2. The van der Waals surface area contributed by atoms with Gasteiger partial charge in [0.1, 0.15) is 0 Å². The molecule has 0 radical (unpaired) electrons. The highest BCUT2D eigenvalue weighted by Crippen LogP contribution is 2.31. The molecule has 2 saturated heterocycles. The van der Waals surface area contributed by atoms with Gasteiger partial charge in [-0.3, -0.25) is 9.59 Å². The van der Waals surface area contributed by atoms with Gasteiger partial charge in [-0.15, -0.1) is 0 Å². The Morgan fingerprint density at radius 2 is 2.00 bits per heavy atom. The van der Waals surface area contributed by atoms with E-state index in [4.69, 9.17) is 4.74 Å². The van der Waals surface area contributed by atoms with E-state index in [1.807, 2.05) is 41.0 Å². The summed E-state index contributed by atoms with van der Waals surface area (Å²) < 4.78 is 5.18. The van der Waals surface area contributed by atoms with Gasteiger partial charge >= 0.3 is 0 Å². The van der Waals surface area contributed by atoms with Crippen LogP contribution in [0.25, 0.3) is 0 Å². The van der Waals surface area contributed by atoms with E-state index in [0.717, 1.165) is 36.9 Å². The predicted octanol–water partition coefficient (Wildman–Crippen LogP) is 2.48. The summed E-state index contributed by atoms with van der Waals surface area (Å²) in [6, 6.07) is 8.02. The van der Waals surface area contributed by atoms with Gasteiger partial charge in [-0.2, -0.15) is 0 Å². The van der Waals surface area contributed by atoms with Crippen LogP contribution < -0.4 is 0 Å². The van der Waals surface area contributed by atoms with Crippen molar-refractivity contribution >= 4 is 11.8 Å². The summed E-state index contributed by atoms with van der Waals surface area (Å²) in [5.74, 6) is 0.715. The second kappa shape index (κ2) is 8.00. The molecule has 1 aromatic rings. The fraction of sp³-hybridized carbons (Fsp3) is 0.600. The lowest BCUT2D eigenvalue weighted by molar-refractivity contribution is -0.135. The molecule has 2 aliphatic heterocycles. The second-order valence-corrected chi connectivity index (χ2v) is 7.21. The molecular formula is C20H28N2O3. The number of rotatable bonds is 4. The molecule has 2 amide bonds. The monoisotopic (exact) mass is 344 g/mol. The number of piperidine rings is 1. The van der Waals surface area contributed by atoms with E-state index in [9.17, 15) is 9.59 Å². The largest absolute Gasteiger partial charge is 0.383 e. The first-order valence-electron chi connectivity index (χ1n) is 9.24. The molecule has 0 aliphatic carbocycles. The Hall–Kier alpha value is -1.88. The molecule has 0 bridgehead atoms. The van der Waals surface area contributed by atoms with Gasteiger partial charge in [-0.25, -0.2) is 0 Å². The fourth-order valence-corrected chi connectivity index (χ4v) is 4.10. The highest BCUT2D eigenvalue weighted by molar-refractivity contribution is 5.94. The van der Waals surface area contributed by atoms with Crippen molar-refractivity contribution in [1.29, 1.82) is 0 Å². The molecule has 2 fully saturated rings. The van der Waals surface area contributed by atoms with Crippen LogP contribution in [0.15, 0.2) is 24.3 Å². The van der Waals surface area contributed by atoms with E-state index in [2.05, 4.69) is 0 Å². The van der Waals surface area contributed by atoms with Gasteiger partial charge in [-0.1, -0.05) is 17.7 Å². The Kier molecular flexibility index (Phi) is 5.74. The Balaban J connectivity index is 1.70.